The zero-order valence-electron chi connectivity index (χ0n) is 11.9. The Hall–Kier alpha value is -1.69. The number of nitrogens with one attached hydrogen (secondary N) is 1. The number of hydrogen-bond donors (Lipinski definition) is 2. The average molecular weight is 317 g/mol. The summed E-state index contributed by atoms with van der Waals surface area (Å²) in [5, 5.41) is 11.2. The number of pyridine rings is 1. The molecule has 0 aromatic carbocycles. The van der Waals surface area contributed by atoms with Gasteiger partial charge in [0.15, 0.2) is 0 Å². The van der Waals surface area contributed by atoms with Gasteiger partial charge in [-0.1, -0.05) is 25.4 Å². The lowest BCUT2D eigenvalue weighted by molar-refractivity contribution is -0.137. The molecule has 1 heterocycles. The van der Waals surface area contributed by atoms with Crippen LogP contribution < -0.4 is 5.32 Å². The van der Waals surface area contributed by atoms with Crippen LogP contribution in [0.15, 0.2) is 12.3 Å². The fourth-order valence-electron chi connectivity index (χ4n) is 1.76. The molecule has 0 saturated carbocycles. The van der Waals surface area contributed by atoms with Crippen molar-refractivity contribution in [1.29, 1.82) is 0 Å². The molecule has 5 nitrogen and oxygen atoms in total. The molecule has 2 N–H and O–H groups in total. The summed E-state index contributed by atoms with van der Waals surface area (Å²) in [5.41, 5.74) is -0.227. The number of carboxylic acid groups (broad SMARTS) is 1. The van der Waals surface area contributed by atoms with Gasteiger partial charge in [0.05, 0.1) is 11.8 Å². The van der Waals surface area contributed by atoms with E-state index >= 15 is 0 Å². The molecule has 7 heteroatoms. The highest BCUT2D eigenvalue weighted by Gasteiger charge is 2.20. The summed E-state index contributed by atoms with van der Waals surface area (Å²) in [4.78, 5) is 26.0. The lowest BCUT2D eigenvalue weighted by Crippen LogP contribution is -2.28. The highest BCUT2D eigenvalue weighted by molar-refractivity contribution is 6.32. The maximum atomic E-state index is 13.0. The Bertz CT molecular complexity index is 535. The van der Waals surface area contributed by atoms with Gasteiger partial charge in [-0.3, -0.25) is 9.59 Å². The molecule has 0 aliphatic carbocycles. The second-order valence-electron chi connectivity index (χ2n) is 5.56. The molecule has 1 amide bonds. The molecular weight excluding hydrogens is 299 g/mol. The molecule has 0 radical (unpaired) electrons. The van der Waals surface area contributed by atoms with Crippen LogP contribution in [0.3, 0.4) is 0 Å². The Kier molecular flexibility index (Phi) is 6.08. The van der Waals surface area contributed by atoms with Crippen LogP contribution in [0.1, 0.15) is 43.5 Å². The summed E-state index contributed by atoms with van der Waals surface area (Å²) in [5.74, 6) is -1.97. The Morgan fingerprint density at radius 3 is 2.71 bits per heavy atom. The molecule has 0 aliphatic heterocycles. The zero-order chi connectivity index (χ0) is 16.0. The van der Waals surface area contributed by atoms with E-state index in [-0.39, 0.29) is 22.6 Å². The van der Waals surface area contributed by atoms with Gasteiger partial charge < -0.3 is 10.4 Å². The van der Waals surface area contributed by atoms with Crippen molar-refractivity contribution in [1.82, 2.24) is 10.3 Å². The smallest absolute Gasteiger partial charge is 0.303 e. The standard InChI is InChI=1S/C14H18ClFN2O3/c1-14(2,4-3-11(19)20)5-6-17-13(21)10-7-9(16)8-18-12(10)15/h7-8H,3-6H2,1-2H3,(H,17,21)(H,19,20). The largest absolute Gasteiger partial charge is 0.481 e. The van der Waals surface area contributed by atoms with E-state index in [0.717, 1.165) is 12.3 Å². The van der Waals surface area contributed by atoms with Crippen molar-refractivity contribution in [2.75, 3.05) is 6.54 Å². The molecule has 0 unspecified atom stereocenters. The van der Waals surface area contributed by atoms with Crippen molar-refractivity contribution in [3.05, 3.63) is 28.8 Å². The number of amides is 1. The third-order valence-electron chi connectivity index (χ3n) is 3.15. The van der Waals surface area contributed by atoms with Gasteiger partial charge in [-0.05, 0) is 24.3 Å². The van der Waals surface area contributed by atoms with Crippen LogP contribution >= 0.6 is 11.6 Å². The monoisotopic (exact) mass is 316 g/mol. The lowest BCUT2D eigenvalue weighted by atomic mass is 9.84. The number of aromatic nitrogens is 1. The van der Waals surface area contributed by atoms with E-state index in [9.17, 15) is 14.0 Å². The topological polar surface area (TPSA) is 79.3 Å². The fourth-order valence-corrected chi connectivity index (χ4v) is 1.95. The van der Waals surface area contributed by atoms with Gasteiger partial charge in [0.2, 0.25) is 0 Å². The van der Waals surface area contributed by atoms with Crippen molar-refractivity contribution in [3.8, 4) is 0 Å². The van der Waals surface area contributed by atoms with E-state index in [2.05, 4.69) is 10.3 Å². The van der Waals surface area contributed by atoms with E-state index in [4.69, 9.17) is 16.7 Å². The molecule has 1 rings (SSSR count). The first-order valence-electron chi connectivity index (χ1n) is 6.52. The van der Waals surface area contributed by atoms with E-state index in [1.165, 1.54) is 0 Å². The maximum Gasteiger partial charge on any atom is 0.303 e. The molecule has 1 aromatic rings. The first-order valence-corrected chi connectivity index (χ1v) is 6.90. The van der Waals surface area contributed by atoms with Crippen LogP contribution in [0.2, 0.25) is 5.15 Å². The Morgan fingerprint density at radius 2 is 2.10 bits per heavy atom. The van der Waals surface area contributed by atoms with Crippen molar-refractivity contribution in [2.45, 2.75) is 33.1 Å². The predicted octanol–water partition coefficient (Wildman–Crippen LogP) is 2.89. The summed E-state index contributed by atoms with van der Waals surface area (Å²) in [6.07, 6.45) is 2.14. The highest BCUT2D eigenvalue weighted by atomic mass is 35.5. The first kappa shape index (κ1) is 17.4. The third kappa shape index (κ3) is 6.08. The minimum absolute atomic E-state index is 0.0139. The van der Waals surface area contributed by atoms with Crippen LogP contribution in [0.25, 0.3) is 0 Å². The summed E-state index contributed by atoms with van der Waals surface area (Å²) >= 11 is 5.74. The second-order valence-corrected chi connectivity index (χ2v) is 5.91. The van der Waals surface area contributed by atoms with Gasteiger partial charge >= 0.3 is 5.97 Å². The van der Waals surface area contributed by atoms with E-state index in [1.807, 2.05) is 13.8 Å². The molecule has 0 fully saturated rings. The van der Waals surface area contributed by atoms with E-state index < -0.39 is 17.7 Å². The molecule has 0 bridgehead atoms. The van der Waals surface area contributed by atoms with Crippen molar-refractivity contribution in [3.63, 3.8) is 0 Å². The lowest BCUT2D eigenvalue weighted by Gasteiger charge is -2.23. The van der Waals surface area contributed by atoms with Crippen LogP contribution in [-0.2, 0) is 4.79 Å². The van der Waals surface area contributed by atoms with Gasteiger partial charge in [-0.2, -0.15) is 0 Å². The molecule has 0 aliphatic rings. The maximum absolute atomic E-state index is 13.0. The number of aliphatic carboxylic acids is 1. The van der Waals surface area contributed by atoms with Gasteiger partial charge in [0, 0.05) is 13.0 Å². The predicted molar refractivity (Wildman–Crippen MR) is 76.8 cm³/mol. The van der Waals surface area contributed by atoms with Crippen LogP contribution in [0.4, 0.5) is 4.39 Å². The van der Waals surface area contributed by atoms with Gasteiger partial charge in [0.25, 0.3) is 5.91 Å². The quantitative estimate of drug-likeness (QED) is 0.758. The molecule has 116 valence electrons. The van der Waals surface area contributed by atoms with E-state index in [1.54, 1.807) is 0 Å². The summed E-state index contributed by atoms with van der Waals surface area (Å²) in [6, 6.07) is 1.03. The number of nitrogens with zero attached hydrogens (tertiary/aromatic N) is 1. The van der Waals surface area contributed by atoms with Gasteiger partial charge in [-0.25, -0.2) is 9.37 Å². The van der Waals surface area contributed by atoms with Crippen LogP contribution in [0, 0.1) is 11.2 Å². The van der Waals surface area contributed by atoms with Crippen molar-refractivity contribution >= 4 is 23.5 Å². The number of rotatable bonds is 7. The number of carboxylic acids is 1. The number of carbonyl (C=O) groups excluding carboxylic acids is 1. The molecular formula is C14H18ClFN2O3. The molecule has 1 aromatic heterocycles. The summed E-state index contributed by atoms with van der Waals surface area (Å²) < 4.78 is 13.0. The normalized spacial score (nSPS) is 11.2. The molecule has 0 atom stereocenters. The van der Waals surface area contributed by atoms with Crippen LogP contribution in [-0.4, -0.2) is 28.5 Å². The molecule has 0 spiro atoms. The van der Waals surface area contributed by atoms with Gasteiger partial charge in [0.1, 0.15) is 11.0 Å². The second kappa shape index (κ2) is 7.36. The number of halogens is 2. The van der Waals surface area contributed by atoms with E-state index in [0.29, 0.717) is 19.4 Å². The minimum Gasteiger partial charge on any atom is -0.481 e. The Morgan fingerprint density at radius 1 is 1.43 bits per heavy atom. The minimum atomic E-state index is -0.843. The summed E-state index contributed by atoms with van der Waals surface area (Å²) in [7, 11) is 0. The highest BCUT2D eigenvalue weighted by Crippen LogP contribution is 2.26. The Labute approximate surface area is 127 Å². The Balaban J connectivity index is 2.50. The van der Waals surface area contributed by atoms with Crippen molar-refractivity contribution < 1.29 is 19.1 Å². The summed E-state index contributed by atoms with van der Waals surface area (Å²) in [6.45, 7) is 4.20. The average Bonchev–Trinajstić information content (AvgIpc) is 2.39. The SMILES string of the molecule is CC(C)(CCNC(=O)c1cc(F)cnc1Cl)CCC(=O)O. The van der Waals surface area contributed by atoms with Gasteiger partial charge in [-0.15, -0.1) is 0 Å². The molecule has 0 saturated heterocycles. The van der Waals surface area contributed by atoms with Crippen LogP contribution in [0.5, 0.6) is 0 Å². The number of hydrogen-bond acceptors (Lipinski definition) is 3. The fraction of sp³-hybridized carbons (Fsp3) is 0.500. The first-order chi connectivity index (χ1) is 9.71. The number of carbonyl (C=O) groups is 2. The third-order valence-corrected chi connectivity index (χ3v) is 3.45. The zero-order valence-corrected chi connectivity index (χ0v) is 12.7. The van der Waals surface area contributed by atoms with Crippen molar-refractivity contribution in [2.24, 2.45) is 5.41 Å². The molecule has 21 heavy (non-hydrogen) atoms.